The summed E-state index contributed by atoms with van der Waals surface area (Å²) < 4.78 is 31.7. The second kappa shape index (κ2) is 8.52. The van der Waals surface area contributed by atoms with Crippen molar-refractivity contribution in [2.45, 2.75) is 33.0 Å². The van der Waals surface area contributed by atoms with E-state index in [0.717, 1.165) is 0 Å². The third-order valence-electron chi connectivity index (χ3n) is 2.06. The fourth-order valence-electron chi connectivity index (χ4n) is 0.950. The average Bonchev–Trinajstić information content (AvgIpc) is 2.24. The Morgan fingerprint density at radius 1 is 1.21 bits per heavy atom. The van der Waals surface area contributed by atoms with Crippen LogP contribution in [-0.4, -0.2) is 41.4 Å². The summed E-state index contributed by atoms with van der Waals surface area (Å²) in [5.41, 5.74) is 0.392. The summed E-state index contributed by atoms with van der Waals surface area (Å²) in [6, 6.07) is 0.140. The van der Waals surface area contributed by atoms with Crippen molar-refractivity contribution in [3.63, 3.8) is 0 Å². The predicted molar refractivity (Wildman–Crippen MR) is 62.8 cm³/mol. The van der Waals surface area contributed by atoms with Gasteiger partial charge in [-0.2, -0.15) is 13.2 Å². The Kier molecular flexibility index (Phi) is 8.86. The van der Waals surface area contributed by atoms with E-state index in [9.17, 15) is 18.0 Å². The molecule has 0 rings (SSSR count). The lowest BCUT2D eigenvalue weighted by Gasteiger charge is -2.16. The Labute approximate surface area is 109 Å². The molecule has 0 aromatic heterocycles. The Balaban J connectivity index is 0. The standard InChI is InChI=1S/C9H17NO2.C2HF3O2/c1-6(2)8(10-4)5-7(3)9(11)12;3-2(4,5)1(6)7/h5-6,8,10H,1-4H3,(H,11,12);(H,6,7)/t8-;/m1./s1. The summed E-state index contributed by atoms with van der Waals surface area (Å²) in [6.07, 6.45) is -3.34. The van der Waals surface area contributed by atoms with Crippen molar-refractivity contribution in [3.05, 3.63) is 11.6 Å². The molecule has 0 amide bonds. The minimum atomic E-state index is -5.08. The van der Waals surface area contributed by atoms with Gasteiger partial charge in [0.15, 0.2) is 0 Å². The van der Waals surface area contributed by atoms with Crippen LogP contribution < -0.4 is 5.32 Å². The molecule has 1 atom stereocenters. The second-order valence-corrected chi connectivity index (χ2v) is 4.02. The van der Waals surface area contributed by atoms with Crippen molar-refractivity contribution in [2.75, 3.05) is 7.05 Å². The first-order chi connectivity index (χ1) is 8.43. The molecule has 0 aliphatic rings. The predicted octanol–water partition coefficient (Wildman–Crippen LogP) is 1.89. The van der Waals surface area contributed by atoms with Crippen LogP contribution in [0.3, 0.4) is 0 Å². The van der Waals surface area contributed by atoms with Crippen molar-refractivity contribution in [2.24, 2.45) is 5.92 Å². The largest absolute Gasteiger partial charge is 0.490 e. The van der Waals surface area contributed by atoms with Crippen molar-refractivity contribution in [1.82, 2.24) is 5.32 Å². The van der Waals surface area contributed by atoms with Crippen LogP contribution in [-0.2, 0) is 9.59 Å². The van der Waals surface area contributed by atoms with Gasteiger partial charge in [0.25, 0.3) is 0 Å². The van der Waals surface area contributed by atoms with E-state index in [4.69, 9.17) is 15.0 Å². The summed E-state index contributed by atoms with van der Waals surface area (Å²) in [5.74, 6) is -3.20. The van der Waals surface area contributed by atoms with Crippen molar-refractivity contribution in [1.29, 1.82) is 0 Å². The van der Waals surface area contributed by atoms with Gasteiger partial charge in [-0.1, -0.05) is 19.9 Å². The molecule has 8 heteroatoms. The summed E-state index contributed by atoms with van der Waals surface area (Å²) in [7, 11) is 1.83. The Morgan fingerprint density at radius 3 is 1.74 bits per heavy atom. The summed E-state index contributed by atoms with van der Waals surface area (Å²) in [4.78, 5) is 19.4. The normalized spacial score (nSPS) is 13.6. The van der Waals surface area contributed by atoms with E-state index in [0.29, 0.717) is 11.5 Å². The van der Waals surface area contributed by atoms with Crippen LogP contribution in [0, 0.1) is 5.92 Å². The zero-order valence-corrected chi connectivity index (χ0v) is 11.1. The molecule has 3 N–H and O–H groups in total. The van der Waals surface area contributed by atoms with Crippen LogP contribution in [0.15, 0.2) is 11.6 Å². The quantitative estimate of drug-likeness (QED) is 0.687. The van der Waals surface area contributed by atoms with Crippen LogP contribution in [0.4, 0.5) is 13.2 Å². The second-order valence-electron chi connectivity index (χ2n) is 4.02. The number of carboxylic acids is 2. The zero-order valence-electron chi connectivity index (χ0n) is 11.1. The molecule has 0 spiro atoms. The molecule has 19 heavy (non-hydrogen) atoms. The van der Waals surface area contributed by atoms with Crippen LogP contribution >= 0.6 is 0 Å². The van der Waals surface area contributed by atoms with E-state index in [2.05, 4.69) is 5.32 Å². The maximum Gasteiger partial charge on any atom is 0.490 e. The molecule has 0 bridgehead atoms. The van der Waals surface area contributed by atoms with Gasteiger partial charge >= 0.3 is 18.1 Å². The smallest absolute Gasteiger partial charge is 0.478 e. The van der Waals surface area contributed by atoms with Crippen molar-refractivity contribution in [3.8, 4) is 0 Å². The Morgan fingerprint density at radius 2 is 1.58 bits per heavy atom. The van der Waals surface area contributed by atoms with Crippen molar-refractivity contribution >= 4 is 11.9 Å². The molecule has 0 radical (unpaired) electrons. The molecule has 112 valence electrons. The van der Waals surface area contributed by atoms with Gasteiger partial charge in [0.05, 0.1) is 0 Å². The molecule has 0 heterocycles. The number of likely N-dealkylation sites (N-methyl/N-ethyl adjacent to an activating group) is 1. The van der Waals surface area contributed by atoms with E-state index < -0.39 is 18.1 Å². The highest BCUT2D eigenvalue weighted by Crippen LogP contribution is 2.13. The molecule has 0 unspecified atom stereocenters. The van der Waals surface area contributed by atoms with Gasteiger partial charge in [-0.15, -0.1) is 0 Å². The molecule has 0 aliphatic heterocycles. The van der Waals surface area contributed by atoms with Gasteiger partial charge in [0.1, 0.15) is 0 Å². The third-order valence-corrected chi connectivity index (χ3v) is 2.06. The number of hydrogen-bond acceptors (Lipinski definition) is 3. The summed E-state index contributed by atoms with van der Waals surface area (Å²) in [6.45, 7) is 5.70. The van der Waals surface area contributed by atoms with Crippen LogP contribution in [0.25, 0.3) is 0 Å². The molecule has 0 aliphatic carbocycles. The zero-order chi connectivity index (χ0) is 15.8. The number of hydrogen-bond donors (Lipinski definition) is 3. The highest BCUT2D eigenvalue weighted by molar-refractivity contribution is 5.85. The first kappa shape index (κ1) is 19.8. The van der Waals surface area contributed by atoms with Gasteiger partial charge in [0, 0.05) is 11.6 Å². The first-order valence-electron chi connectivity index (χ1n) is 5.32. The SMILES string of the molecule is CN[C@H](C=C(C)C(=O)O)C(C)C.O=C(O)C(F)(F)F. The molecular formula is C11H18F3NO4. The lowest BCUT2D eigenvalue weighted by Crippen LogP contribution is -2.29. The minimum absolute atomic E-state index is 0.140. The van der Waals surface area contributed by atoms with E-state index in [-0.39, 0.29) is 6.04 Å². The van der Waals surface area contributed by atoms with Gasteiger partial charge in [0.2, 0.25) is 0 Å². The topological polar surface area (TPSA) is 86.6 Å². The van der Waals surface area contributed by atoms with Crippen LogP contribution in [0.5, 0.6) is 0 Å². The van der Waals surface area contributed by atoms with E-state index in [1.54, 1.807) is 13.0 Å². The number of rotatable bonds is 4. The monoisotopic (exact) mass is 285 g/mol. The van der Waals surface area contributed by atoms with Gasteiger partial charge in [-0.3, -0.25) is 0 Å². The number of carboxylic acid groups (broad SMARTS) is 2. The van der Waals surface area contributed by atoms with Crippen LogP contribution in [0.2, 0.25) is 0 Å². The average molecular weight is 285 g/mol. The lowest BCUT2D eigenvalue weighted by molar-refractivity contribution is -0.192. The molecule has 0 saturated heterocycles. The molecule has 0 fully saturated rings. The Bertz CT molecular complexity index is 337. The van der Waals surface area contributed by atoms with Gasteiger partial charge in [-0.05, 0) is 19.9 Å². The van der Waals surface area contributed by atoms with E-state index in [1.165, 1.54) is 0 Å². The fourth-order valence-corrected chi connectivity index (χ4v) is 0.950. The highest BCUT2D eigenvalue weighted by Gasteiger charge is 2.38. The lowest BCUT2D eigenvalue weighted by atomic mass is 10.0. The number of alkyl halides is 3. The van der Waals surface area contributed by atoms with Crippen LogP contribution in [0.1, 0.15) is 20.8 Å². The number of halogens is 3. The molecule has 0 aromatic carbocycles. The van der Waals surface area contributed by atoms with Crippen molar-refractivity contribution < 1.29 is 33.0 Å². The number of nitrogens with one attached hydrogen (secondary N) is 1. The number of carbonyl (C=O) groups is 2. The highest BCUT2D eigenvalue weighted by atomic mass is 19.4. The summed E-state index contributed by atoms with van der Waals surface area (Å²) in [5, 5.41) is 18.8. The summed E-state index contributed by atoms with van der Waals surface area (Å²) >= 11 is 0. The van der Waals surface area contributed by atoms with E-state index in [1.807, 2.05) is 20.9 Å². The molecule has 0 saturated carbocycles. The van der Waals surface area contributed by atoms with Gasteiger partial charge in [-0.25, -0.2) is 9.59 Å². The maximum atomic E-state index is 10.6. The fraction of sp³-hybridized carbons (Fsp3) is 0.636. The molecule has 5 nitrogen and oxygen atoms in total. The number of aliphatic carboxylic acids is 2. The maximum absolute atomic E-state index is 10.6. The van der Waals surface area contributed by atoms with E-state index >= 15 is 0 Å². The van der Waals surface area contributed by atoms with Gasteiger partial charge < -0.3 is 15.5 Å². The molecular weight excluding hydrogens is 267 g/mol. The Hall–Kier alpha value is -1.57. The first-order valence-corrected chi connectivity index (χ1v) is 5.32. The minimum Gasteiger partial charge on any atom is -0.478 e. The third kappa shape index (κ3) is 10.1. The molecule has 0 aromatic rings.